The van der Waals surface area contributed by atoms with Gasteiger partial charge in [-0.15, -0.1) is 0 Å². The van der Waals surface area contributed by atoms with E-state index < -0.39 is 11.7 Å². The maximum Gasteiger partial charge on any atom is 0.419 e. The highest BCUT2D eigenvalue weighted by Gasteiger charge is 2.34. The standard InChI is InChI=1S/C15H22F3N3/c1-12(11-21-8-3-2-4-9-21)10-20-14-13(15(16,17)18)6-5-7-19-14/h5-7,12H,2-4,8-11H2,1H3,(H,19,20). The predicted molar refractivity (Wildman–Crippen MR) is 77.2 cm³/mol. The van der Waals surface area contributed by atoms with Crippen molar-refractivity contribution in [3.8, 4) is 0 Å². The summed E-state index contributed by atoms with van der Waals surface area (Å²) in [5, 5.41) is 2.85. The molecule has 0 aliphatic carbocycles. The molecule has 118 valence electrons. The second kappa shape index (κ2) is 7.11. The number of halogens is 3. The summed E-state index contributed by atoms with van der Waals surface area (Å²) in [6.45, 7) is 5.67. The number of anilines is 1. The van der Waals surface area contributed by atoms with Gasteiger partial charge in [-0.2, -0.15) is 13.2 Å². The maximum absolute atomic E-state index is 12.9. The van der Waals surface area contributed by atoms with E-state index in [-0.39, 0.29) is 11.7 Å². The van der Waals surface area contributed by atoms with Gasteiger partial charge in [-0.25, -0.2) is 4.98 Å². The molecule has 0 bridgehead atoms. The Morgan fingerprint density at radius 1 is 1.29 bits per heavy atom. The zero-order chi connectivity index (χ0) is 15.3. The van der Waals surface area contributed by atoms with Crippen LogP contribution in [0.3, 0.4) is 0 Å². The Bertz CT molecular complexity index is 442. The number of pyridine rings is 1. The molecule has 0 amide bonds. The molecular weight excluding hydrogens is 279 g/mol. The molecule has 0 aromatic carbocycles. The highest BCUT2D eigenvalue weighted by molar-refractivity contribution is 5.45. The number of nitrogens with one attached hydrogen (secondary N) is 1. The molecule has 0 spiro atoms. The van der Waals surface area contributed by atoms with Gasteiger partial charge in [-0.1, -0.05) is 13.3 Å². The van der Waals surface area contributed by atoms with Crippen molar-refractivity contribution in [1.82, 2.24) is 9.88 Å². The molecule has 1 aliphatic rings. The van der Waals surface area contributed by atoms with Crippen LogP contribution in [0.5, 0.6) is 0 Å². The van der Waals surface area contributed by atoms with Crippen LogP contribution in [0, 0.1) is 5.92 Å². The number of piperidine rings is 1. The van der Waals surface area contributed by atoms with Crippen LogP contribution in [0.25, 0.3) is 0 Å². The zero-order valence-corrected chi connectivity index (χ0v) is 12.3. The summed E-state index contributed by atoms with van der Waals surface area (Å²) in [4.78, 5) is 6.21. The Balaban J connectivity index is 1.87. The van der Waals surface area contributed by atoms with Crippen LogP contribution in [-0.2, 0) is 6.18 Å². The number of alkyl halides is 3. The van der Waals surface area contributed by atoms with Crippen molar-refractivity contribution in [2.75, 3.05) is 31.5 Å². The van der Waals surface area contributed by atoms with Gasteiger partial charge in [0.2, 0.25) is 0 Å². The van der Waals surface area contributed by atoms with E-state index in [0.717, 1.165) is 25.7 Å². The molecule has 1 atom stereocenters. The lowest BCUT2D eigenvalue weighted by atomic mass is 10.1. The van der Waals surface area contributed by atoms with Crippen LogP contribution in [0.4, 0.5) is 19.0 Å². The molecule has 2 rings (SSSR count). The first-order valence-corrected chi connectivity index (χ1v) is 7.45. The molecule has 0 saturated carbocycles. The molecule has 0 radical (unpaired) electrons. The Kier molecular flexibility index (Phi) is 5.45. The van der Waals surface area contributed by atoms with Crippen molar-refractivity contribution >= 4 is 5.82 Å². The third kappa shape index (κ3) is 4.88. The van der Waals surface area contributed by atoms with Crippen LogP contribution in [0.1, 0.15) is 31.7 Å². The Morgan fingerprint density at radius 3 is 2.67 bits per heavy atom. The van der Waals surface area contributed by atoms with Crippen molar-refractivity contribution in [1.29, 1.82) is 0 Å². The fourth-order valence-corrected chi connectivity index (χ4v) is 2.69. The van der Waals surface area contributed by atoms with Gasteiger partial charge in [0.1, 0.15) is 5.82 Å². The van der Waals surface area contributed by atoms with Gasteiger partial charge in [0.25, 0.3) is 0 Å². The average Bonchev–Trinajstić information content (AvgIpc) is 2.45. The van der Waals surface area contributed by atoms with Crippen molar-refractivity contribution < 1.29 is 13.2 Å². The van der Waals surface area contributed by atoms with E-state index in [9.17, 15) is 13.2 Å². The third-order valence-corrected chi connectivity index (χ3v) is 3.75. The van der Waals surface area contributed by atoms with E-state index in [2.05, 4.69) is 22.1 Å². The summed E-state index contributed by atoms with van der Waals surface area (Å²) in [6.07, 6.45) is 0.739. The van der Waals surface area contributed by atoms with Gasteiger partial charge in [0, 0.05) is 19.3 Å². The fraction of sp³-hybridized carbons (Fsp3) is 0.667. The molecule has 21 heavy (non-hydrogen) atoms. The summed E-state index contributed by atoms with van der Waals surface area (Å²) in [7, 11) is 0. The quantitative estimate of drug-likeness (QED) is 0.900. The van der Waals surface area contributed by atoms with Gasteiger partial charge in [0.05, 0.1) is 5.56 Å². The van der Waals surface area contributed by atoms with Gasteiger partial charge < -0.3 is 10.2 Å². The van der Waals surface area contributed by atoms with Crippen molar-refractivity contribution in [2.24, 2.45) is 5.92 Å². The molecule has 1 saturated heterocycles. The summed E-state index contributed by atoms with van der Waals surface area (Å²) in [5.41, 5.74) is -0.699. The monoisotopic (exact) mass is 301 g/mol. The number of aromatic nitrogens is 1. The largest absolute Gasteiger partial charge is 0.419 e. The molecule has 1 N–H and O–H groups in total. The lowest BCUT2D eigenvalue weighted by Gasteiger charge is -2.29. The minimum atomic E-state index is -4.37. The van der Waals surface area contributed by atoms with E-state index in [0.29, 0.717) is 6.54 Å². The van der Waals surface area contributed by atoms with Crippen LogP contribution >= 0.6 is 0 Å². The minimum absolute atomic E-state index is 0.0736. The molecule has 6 heteroatoms. The molecule has 1 aliphatic heterocycles. The summed E-state index contributed by atoms with van der Waals surface area (Å²) >= 11 is 0. The number of rotatable bonds is 5. The highest BCUT2D eigenvalue weighted by Crippen LogP contribution is 2.33. The molecule has 1 aromatic heterocycles. The van der Waals surface area contributed by atoms with Crippen molar-refractivity contribution in [3.05, 3.63) is 23.9 Å². The second-order valence-electron chi connectivity index (χ2n) is 5.74. The fourth-order valence-electron chi connectivity index (χ4n) is 2.69. The molecule has 1 fully saturated rings. The van der Waals surface area contributed by atoms with Crippen molar-refractivity contribution in [2.45, 2.75) is 32.4 Å². The molecule has 2 heterocycles. The van der Waals surface area contributed by atoms with Gasteiger partial charge in [0.15, 0.2) is 0 Å². The first-order chi connectivity index (χ1) is 9.97. The first-order valence-electron chi connectivity index (χ1n) is 7.45. The topological polar surface area (TPSA) is 28.2 Å². The lowest BCUT2D eigenvalue weighted by Crippen LogP contribution is -2.35. The van der Waals surface area contributed by atoms with Gasteiger partial charge >= 0.3 is 6.18 Å². The first kappa shape index (κ1) is 16.1. The third-order valence-electron chi connectivity index (χ3n) is 3.75. The number of nitrogens with zero attached hydrogens (tertiary/aromatic N) is 2. The SMILES string of the molecule is CC(CNc1ncccc1C(F)(F)F)CN1CCCCC1. The van der Waals surface area contributed by atoms with Crippen LogP contribution in [-0.4, -0.2) is 36.1 Å². The normalized spacial score (nSPS) is 18.5. The zero-order valence-electron chi connectivity index (χ0n) is 12.3. The molecule has 1 unspecified atom stereocenters. The van der Waals surface area contributed by atoms with Gasteiger partial charge in [-0.3, -0.25) is 0 Å². The molecule has 1 aromatic rings. The average molecular weight is 301 g/mol. The van der Waals surface area contributed by atoms with E-state index in [1.54, 1.807) is 0 Å². The summed E-state index contributed by atoms with van der Waals surface area (Å²) < 4.78 is 38.6. The predicted octanol–water partition coefficient (Wildman–Crippen LogP) is 3.63. The highest BCUT2D eigenvalue weighted by atomic mass is 19.4. The Hall–Kier alpha value is -1.30. The van der Waals surface area contributed by atoms with E-state index in [4.69, 9.17) is 0 Å². The molecule has 3 nitrogen and oxygen atoms in total. The van der Waals surface area contributed by atoms with E-state index in [1.165, 1.54) is 31.5 Å². The molecular formula is C15H22F3N3. The van der Waals surface area contributed by atoms with Crippen LogP contribution in [0.2, 0.25) is 0 Å². The van der Waals surface area contributed by atoms with E-state index >= 15 is 0 Å². The van der Waals surface area contributed by atoms with E-state index in [1.807, 2.05) is 0 Å². The Labute approximate surface area is 123 Å². The summed E-state index contributed by atoms with van der Waals surface area (Å²) in [6, 6.07) is 2.37. The maximum atomic E-state index is 12.9. The van der Waals surface area contributed by atoms with Crippen molar-refractivity contribution in [3.63, 3.8) is 0 Å². The minimum Gasteiger partial charge on any atom is -0.369 e. The van der Waals surface area contributed by atoms with Crippen LogP contribution < -0.4 is 5.32 Å². The second-order valence-corrected chi connectivity index (χ2v) is 5.74. The number of likely N-dealkylation sites (tertiary alicyclic amines) is 1. The Morgan fingerprint density at radius 2 is 2.00 bits per heavy atom. The number of hydrogen-bond donors (Lipinski definition) is 1. The smallest absolute Gasteiger partial charge is 0.369 e. The van der Waals surface area contributed by atoms with Crippen LogP contribution in [0.15, 0.2) is 18.3 Å². The van der Waals surface area contributed by atoms with Gasteiger partial charge in [-0.05, 0) is 44.0 Å². The lowest BCUT2D eigenvalue weighted by molar-refractivity contribution is -0.137. The number of hydrogen-bond acceptors (Lipinski definition) is 3. The summed E-state index contributed by atoms with van der Waals surface area (Å²) in [5.74, 6) is 0.210.